The first-order valence-electron chi connectivity index (χ1n) is 12.6. The van der Waals surface area contributed by atoms with Gasteiger partial charge in [0.25, 0.3) is 5.01 Å². The van der Waals surface area contributed by atoms with E-state index in [-0.39, 0.29) is 12.2 Å². The van der Waals surface area contributed by atoms with Gasteiger partial charge >= 0.3 is 0 Å². The first kappa shape index (κ1) is 28.6. The van der Waals surface area contributed by atoms with Crippen LogP contribution in [0.2, 0.25) is 0 Å². The van der Waals surface area contributed by atoms with Crippen molar-refractivity contribution in [3.8, 4) is 0 Å². The summed E-state index contributed by atoms with van der Waals surface area (Å²) in [6, 6.07) is 17.1. The molecule has 39 heavy (non-hydrogen) atoms. The maximum atomic E-state index is 11.4. The highest BCUT2D eigenvalue weighted by molar-refractivity contribution is 8.04. The van der Waals surface area contributed by atoms with E-state index in [0.29, 0.717) is 6.54 Å². The number of nitrogens with zero attached hydrogens (tertiary/aromatic N) is 2. The summed E-state index contributed by atoms with van der Waals surface area (Å²) in [6.07, 6.45) is 9.85. The van der Waals surface area contributed by atoms with Gasteiger partial charge in [-0.15, -0.1) is 23.5 Å². The molecule has 3 aromatic carbocycles. The number of hydrogen-bond donors (Lipinski definition) is 0. The SMILES string of the molecule is CCC(=C/c1sc2ccc3ccccc3c2[n+]1CCCS(=O)(=O)[O-])/C=C1/Sc2cc(SC)c(SC)cc2N1C. The maximum Gasteiger partial charge on any atom is 0.263 e. The van der Waals surface area contributed by atoms with Gasteiger partial charge in [-0.05, 0) is 60.2 Å². The summed E-state index contributed by atoms with van der Waals surface area (Å²) in [5.74, 6) is -0.369. The highest BCUT2D eigenvalue weighted by Crippen LogP contribution is 2.49. The number of aryl methyl sites for hydroxylation is 1. The molecule has 0 saturated heterocycles. The molecular formula is C29H30N2O3S5. The summed E-state index contributed by atoms with van der Waals surface area (Å²) in [7, 11) is -2.15. The fraction of sp³-hybridized carbons (Fsp3) is 0.276. The number of thioether (sulfide) groups is 3. The Morgan fingerprint density at radius 1 is 1.10 bits per heavy atom. The molecule has 5 nitrogen and oxygen atoms in total. The topological polar surface area (TPSA) is 64.3 Å². The van der Waals surface area contributed by atoms with Crippen LogP contribution in [0.15, 0.2) is 79.9 Å². The van der Waals surface area contributed by atoms with Crippen molar-refractivity contribution >= 4 is 89.5 Å². The quantitative estimate of drug-likeness (QED) is 0.109. The van der Waals surface area contributed by atoms with Crippen LogP contribution < -0.4 is 9.47 Å². The minimum atomic E-state index is -4.27. The van der Waals surface area contributed by atoms with Crippen molar-refractivity contribution in [1.82, 2.24) is 0 Å². The molecule has 0 aliphatic carbocycles. The molecule has 5 rings (SSSR count). The predicted octanol–water partition coefficient (Wildman–Crippen LogP) is 7.60. The van der Waals surface area contributed by atoms with Crippen molar-refractivity contribution in [3.05, 3.63) is 70.2 Å². The van der Waals surface area contributed by atoms with E-state index in [1.165, 1.54) is 31.0 Å². The highest BCUT2D eigenvalue weighted by atomic mass is 32.2. The minimum Gasteiger partial charge on any atom is -0.748 e. The van der Waals surface area contributed by atoms with E-state index in [2.05, 4.69) is 84.5 Å². The fourth-order valence-corrected chi connectivity index (χ4v) is 9.16. The molecule has 0 atom stereocenters. The molecule has 0 unspecified atom stereocenters. The Balaban J connectivity index is 1.57. The number of anilines is 1. The lowest BCUT2D eigenvalue weighted by atomic mass is 10.1. The van der Waals surface area contributed by atoms with Gasteiger partial charge in [0.2, 0.25) is 5.52 Å². The number of fused-ring (bicyclic) bond motifs is 4. The summed E-state index contributed by atoms with van der Waals surface area (Å²) < 4.78 is 37.4. The van der Waals surface area contributed by atoms with E-state index in [1.54, 1.807) is 46.6 Å². The van der Waals surface area contributed by atoms with Gasteiger partial charge in [0, 0.05) is 40.0 Å². The number of benzene rings is 3. The van der Waals surface area contributed by atoms with Gasteiger partial charge in [0.15, 0.2) is 6.54 Å². The maximum absolute atomic E-state index is 11.4. The molecule has 204 valence electrons. The first-order valence-corrected chi connectivity index (χ1v) is 18.3. The second-order valence-corrected chi connectivity index (χ2v) is 14.6. The summed E-state index contributed by atoms with van der Waals surface area (Å²) in [6.45, 7) is 2.62. The van der Waals surface area contributed by atoms with Gasteiger partial charge in [-0.2, -0.15) is 4.57 Å². The van der Waals surface area contributed by atoms with Crippen LogP contribution in [-0.2, 0) is 16.7 Å². The van der Waals surface area contributed by atoms with E-state index in [9.17, 15) is 13.0 Å². The van der Waals surface area contributed by atoms with Gasteiger partial charge in [0.1, 0.15) is 4.70 Å². The van der Waals surface area contributed by atoms with Crippen molar-refractivity contribution < 1.29 is 17.5 Å². The minimum absolute atomic E-state index is 0.276. The Morgan fingerprint density at radius 2 is 1.85 bits per heavy atom. The van der Waals surface area contributed by atoms with E-state index < -0.39 is 10.1 Å². The molecule has 0 radical (unpaired) electrons. The predicted molar refractivity (Wildman–Crippen MR) is 169 cm³/mol. The third kappa shape index (κ3) is 6.06. The molecule has 2 heterocycles. The lowest BCUT2D eigenvalue weighted by molar-refractivity contribution is -0.667. The number of hydrogen-bond acceptors (Lipinski definition) is 8. The van der Waals surface area contributed by atoms with Gasteiger partial charge in [-0.3, -0.25) is 0 Å². The van der Waals surface area contributed by atoms with Crippen LogP contribution >= 0.6 is 46.6 Å². The van der Waals surface area contributed by atoms with Crippen LogP contribution in [0.25, 0.3) is 27.1 Å². The van der Waals surface area contributed by atoms with E-state index in [0.717, 1.165) is 32.4 Å². The van der Waals surface area contributed by atoms with Gasteiger partial charge in [-0.1, -0.05) is 54.3 Å². The zero-order chi connectivity index (χ0) is 27.7. The third-order valence-corrected chi connectivity index (χ3v) is 11.5. The molecule has 0 N–H and O–H groups in total. The van der Waals surface area contributed by atoms with Crippen LogP contribution in [0, 0.1) is 0 Å². The van der Waals surface area contributed by atoms with E-state index in [4.69, 9.17) is 0 Å². The Labute approximate surface area is 247 Å². The van der Waals surface area contributed by atoms with Gasteiger partial charge in [-0.25, -0.2) is 8.42 Å². The standard InChI is InChI=1S/C29H30N2O3S5/c1-5-19(15-27-30(2)22-17-25(35-3)26(36-4)18-24(22)38-27)16-28-31(13-8-14-39(32,33)34)29-21-10-7-6-9-20(21)11-12-23(29)37-28/h6-7,9-12,15-18H,5,8,13-14H2,1-4H3. The zero-order valence-corrected chi connectivity index (χ0v) is 26.3. The molecule has 4 aromatic rings. The molecule has 0 bridgehead atoms. The molecule has 1 aromatic heterocycles. The average Bonchev–Trinajstić information content (AvgIpc) is 3.42. The lowest BCUT2D eigenvalue weighted by Crippen LogP contribution is -2.36. The largest absolute Gasteiger partial charge is 0.748 e. The molecular weight excluding hydrogens is 585 g/mol. The number of allylic oxidation sites excluding steroid dienone is 2. The summed E-state index contributed by atoms with van der Waals surface area (Å²) in [5, 5.41) is 4.50. The Kier molecular flexibility index (Phi) is 8.71. The van der Waals surface area contributed by atoms with Crippen LogP contribution in [0.4, 0.5) is 5.69 Å². The summed E-state index contributed by atoms with van der Waals surface area (Å²) in [4.78, 5) is 6.12. The number of rotatable bonds is 9. The monoisotopic (exact) mass is 614 g/mol. The van der Waals surface area contributed by atoms with Crippen LogP contribution in [0.3, 0.4) is 0 Å². The van der Waals surface area contributed by atoms with E-state index >= 15 is 0 Å². The highest BCUT2D eigenvalue weighted by Gasteiger charge is 2.25. The van der Waals surface area contributed by atoms with Crippen molar-refractivity contribution in [1.29, 1.82) is 0 Å². The van der Waals surface area contributed by atoms with Gasteiger partial charge < -0.3 is 9.45 Å². The lowest BCUT2D eigenvalue weighted by Gasteiger charge is -2.15. The second-order valence-electron chi connectivity index (χ2n) is 9.23. The Hall–Kier alpha value is -1.95. The fourth-order valence-electron chi connectivity index (χ4n) is 4.79. The smallest absolute Gasteiger partial charge is 0.263 e. The molecule has 1 aliphatic heterocycles. The van der Waals surface area contributed by atoms with Crippen LogP contribution in [0.5, 0.6) is 0 Å². The van der Waals surface area contributed by atoms with Crippen LogP contribution in [-0.4, -0.2) is 38.3 Å². The first-order chi connectivity index (χ1) is 18.7. The average molecular weight is 615 g/mol. The molecule has 0 spiro atoms. The van der Waals surface area contributed by atoms with Gasteiger partial charge in [0.05, 0.1) is 26.2 Å². The molecule has 0 fully saturated rings. The molecule has 0 amide bonds. The van der Waals surface area contributed by atoms with Crippen molar-refractivity contribution in [3.63, 3.8) is 0 Å². The van der Waals surface area contributed by atoms with E-state index in [1.807, 2.05) is 12.1 Å². The van der Waals surface area contributed by atoms with Crippen molar-refractivity contribution in [2.24, 2.45) is 0 Å². The number of thiazole rings is 1. The van der Waals surface area contributed by atoms with Crippen molar-refractivity contribution in [2.45, 2.75) is 41.0 Å². The normalized spacial score (nSPS) is 15.2. The molecule has 10 heteroatoms. The van der Waals surface area contributed by atoms with Crippen LogP contribution in [0.1, 0.15) is 24.8 Å². The second kappa shape index (κ2) is 11.9. The number of aromatic nitrogens is 1. The molecule has 1 aliphatic rings. The molecule has 0 saturated carbocycles. The summed E-state index contributed by atoms with van der Waals surface area (Å²) in [5.41, 5.74) is 3.50. The van der Waals surface area contributed by atoms with Crippen molar-refractivity contribution in [2.75, 3.05) is 30.2 Å². The zero-order valence-electron chi connectivity index (χ0n) is 22.3. The Bertz CT molecular complexity index is 1720. The third-order valence-electron chi connectivity index (χ3n) is 6.79. The summed E-state index contributed by atoms with van der Waals surface area (Å²) >= 11 is 7.05. The Morgan fingerprint density at radius 3 is 2.56 bits per heavy atom.